The number of nitrogens with zero attached hydrogens (tertiary/aromatic N) is 2. The first-order valence-electron chi connectivity index (χ1n) is 6.91. The molecule has 0 radical (unpaired) electrons. The molecule has 1 saturated carbocycles. The maximum atomic E-state index is 12.5. The molecule has 22 heavy (non-hydrogen) atoms. The van der Waals surface area contributed by atoms with Crippen LogP contribution in [0.2, 0.25) is 0 Å². The SMILES string of the molecule is NC(=O)CN(C(=O)c1ccc(C(F)(F)F)nc1)C1CCCC1. The van der Waals surface area contributed by atoms with Crippen LogP contribution in [0.3, 0.4) is 0 Å². The van der Waals surface area contributed by atoms with Gasteiger partial charge in [-0.3, -0.25) is 14.6 Å². The first kappa shape index (κ1) is 16.3. The number of pyridine rings is 1. The van der Waals surface area contributed by atoms with Crippen LogP contribution in [0.1, 0.15) is 41.7 Å². The van der Waals surface area contributed by atoms with Gasteiger partial charge in [0, 0.05) is 12.2 Å². The van der Waals surface area contributed by atoms with Crippen LogP contribution in [-0.4, -0.2) is 34.3 Å². The third kappa shape index (κ3) is 3.75. The summed E-state index contributed by atoms with van der Waals surface area (Å²) in [5, 5.41) is 0. The van der Waals surface area contributed by atoms with E-state index in [4.69, 9.17) is 5.73 Å². The molecule has 2 N–H and O–H groups in total. The standard InChI is InChI=1S/C14H16F3N3O2/c15-14(16,17)11-6-5-9(7-19-11)13(22)20(8-12(18)21)10-3-1-2-4-10/h5-7,10H,1-4,8H2,(H2,18,21). The average Bonchev–Trinajstić information content (AvgIpc) is 2.97. The van der Waals surface area contributed by atoms with E-state index in [1.807, 2.05) is 0 Å². The Labute approximate surface area is 125 Å². The number of carbonyl (C=O) groups is 2. The van der Waals surface area contributed by atoms with Gasteiger partial charge in [0.1, 0.15) is 5.69 Å². The van der Waals surface area contributed by atoms with Crippen LogP contribution in [0.4, 0.5) is 13.2 Å². The van der Waals surface area contributed by atoms with Crippen molar-refractivity contribution in [1.29, 1.82) is 0 Å². The second-order valence-electron chi connectivity index (χ2n) is 5.27. The van der Waals surface area contributed by atoms with Gasteiger partial charge in [0.25, 0.3) is 5.91 Å². The summed E-state index contributed by atoms with van der Waals surface area (Å²) >= 11 is 0. The van der Waals surface area contributed by atoms with E-state index < -0.39 is 23.7 Å². The summed E-state index contributed by atoms with van der Waals surface area (Å²) in [5.41, 5.74) is 4.11. The lowest BCUT2D eigenvalue weighted by molar-refractivity contribution is -0.141. The van der Waals surface area contributed by atoms with Gasteiger partial charge in [0.2, 0.25) is 5.91 Å². The Morgan fingerprint density at radius 3 is 2.36 bits per heavy atom. The van der Waals surface area contributed by atoms with Crippen molar-refractivity contribution < 1.29 is 22.8 Å². The van der Waals surface area contributed by atoms with Gasteiger partial charge >= 0.3 is 6.18 Å². The van der Waals surface area contributed by atoms with Gasteiger partial charge in [-0.25, -0.2) is 0 Å². The summed E-state index contributed by atoms with van der Waals surface area (Å²) in [6.07, 6.45) is -0.273. The quantitative estimate of drug-likeness (QED) is 0.923. The zero-order valence-corrected chi connectivity index (χ0v) is 11.8. The number of nitrogens with two attached hydrogens (primary N) is 1. The van der Waals surface area contributed by atoms with Gasteiger partial charge in [-0.2, -0.15) is 13.2 Å². The number of hydrogen-bond donors (Lipinski definition) is 1. The van der Waals surface area contributed by atoms with Gasteiger partial charge in [0.05, 0.1) is 12.1 Å². The normalized spacial score (nSPS) is 15.8. The third-order valence-corrected chi connectivity index (χ3v) is 3.65. The summed E-state index contributed by atoms with van der Waals surface area (Å²) < 4.78 is 37.4. The highest BCUT2D eigenvalue weighted by molar-refractivity contribution is 5.96. The number of rotatable bonds is 4. The van der Waals surface area contributed by atoms with E-state index in [9.17, 15) is 22.8 Å². The predicted octanol–water partition coefficient (Wildman–Crippen LogP) is 1.97. The van der Waals surface area contributed by atoms with Crippen LogP contribution in [0.25, 0.3) is 0 Å². The summed E-state index contributed by atoms with van der Waals surface area (Å²) in [6, 6.07) is 1.72. The number of alkyl halides is 3. The van der Waals surface area contributed by atoms with E-state index in [0.717, 1.165) is 44.0 Å². The Bertz CT molecular complexity index is 551. The topological polar surface area (TPSA) is 76.3 Å². The molecule has 0 unspecified atom stereocenters. The summed E-state index contributed by atoms with van der Waals surface area (Å²) in [5.74, 6) is -1.17. The minimum absolute atomic E-state index is 0.0150. The van der Waals surface area contributed by atoms with Crippen molar-refractivity contribution >= 4 is 11.8 Å². The van der Waals surface area contributed by atoms with Crippen molar-refractivity contribution in [2.45, 2.75) is 37.9 Å². The van der Waals surface area contributed by atoms with E-state index in [1.165, 1.54) is 4.90 Å². The van der Waals surface area contributed by atoms with E-state index in [-0.39, 0.29) is 18.2 Å². The lowest BCUT2D eigenvalue weighted by Crippen LogP contribution is -2.44. The summed E-state index contributed by atoms with van der Waals surface area (Å²) in [7, 11) is 0. The molecule has 1 heterocycles. The highest BCUT2D eigenvalue weighted by Gasteiger charge is 2.33. The monoisotopic (exact) mass is 315 g/mol. The van der Waals surface area contributed by atoms with E-state index >= 15 is 0 Å². The number of primary amides is 1. The Morgan fingerprint density at radius 1 is 1.27 bits per heavy atom. The van der Waals surface area contributed by atoms with Crippen molar-refractivity contribution in [1.82, 2.24) is 9.88 Å². The number of aromatic nitrogens is 1. The van der Waals surface area contributed by atoms with Crippen molar-refractivity contribution in [3.63, 3.8) is 0 Å². The molecule has 1 fully saturated rings. The highest BCUT2D eigenvalue weighted by Crippen LogP contribution is 2.28. The van der Waals surface area contributed by atoms with E-state index in [2.05, 4.69) is 4.98 Å². The van der Waals surface area contributed by atoms with Crippen LogP contribution in [0, 0.1) is 0 Å². The summed E-state index contributed by atoms with van der Waals surface area (Å²) in [4.78, 5) is 28.2. The molecule has 0 aliphatic heterocycles. The molecule has 0 bridgehead atoms. The Kier molecular flexibility index (Phi) is 4.68. The van der Waals surface area contributed by atoms with E-state index in [1.54, 1.807) is 0 Å². The molecule has 120 valence electrons. The van der Waals surface area contributed by atoms with Gasteiger partial charge in [-0.05, 0) is 25.0 Å². The molecule has 2 amide bonds. The molecule has 1 aromatic rings. The van der Waals surface area contributed by atoms with Gasteiger partial charge in [-0.15, -0.1) is 0 Å². The molecular weight excluding hydrogens is 299 g/mol. The number of halogens is 3. The third-order valence-electron chi connectivity index (χ3n) is 3.65. The molecule has 0 atom stereocenters. The second-order valence-corrected chi connectivity index (χ2v) is 5.27. The molecule has 8 heteroatoms. The maximum absolute atomic E-state index is 12.5. The number of carbonyl (C=O) groups excluding carboxylic acids is 2. The fourth-order valence-corrected chi connectivity index (χ4v) is 2.60. The predicted molar refractivity (Wildman–Crippen MR) is 71.7 cm³/mol. The van der Waals surface area contributed by atoms with Gasteiger partial charge < -0.3 is 10.6 Å². The van der Waals surface area contributed by atoms with Crippen LogP contribution in [-0.2, 0) is 11.0 Å². The maximum Gasteiger partial charge on any atom is 0.433 e. The smallest absolute Gasteiger partial charge is 0.368 e. The van der Waals surface area contributed by atoms with Crippen molar-refractivity contribution in [3.8, 4) is 0 Å². The van der Waals surface area contributed by atoms with Gasteiger partial charge in [-0.1, -0.05) is 12.8 Å². The Hall–Kier alpha value is -2.12. The first-order valence-corrected chi connectivity index (χ1v) is 6.91. The van der Waals surface area contributed by atoms with Crippen LogP contribution in [0.5, 0.6) is 0 Å². The van der Waals surface area contributed by atoms with E-state index in [0.29, 0.717) is 0 Å². The molecule has 0 spiro atoms. The first-order chi connectivity index (χ1) is 10.3. The average molecular weight is 315 g/mol. The summed E-state index contributed by atoms with van der Waals surface area (Å²) in [6.45, 7) is -0.246. The fourth-order valence-electron chi connectivity index (χ4n) is 2.60. The molecular formula is C14H16F3N3O2. The molecule has 0 aromatic carbocycles. The van der Waals surface area contributed by atoms with Gasteiger partial charge in [0.15, 0.2) is 0 Å². The zero-order chi connectivity index (χ0) is 16.3. The van der Waals surface area contributed by atoms with Crippen molar-refractivity contribution in [3.05, 3.63) is 29.6 Å². The van der Waals surface area contributed by atoms with Crippen molar-refractivity contribution in [2.75, 3.05) is 6.54 Å². The fraction of sp³-hybridized carbons (Fsp3) is 0.500. The zero-order valence-electron chi connectivity index (χ0n) is 11.8. The van der Waals surface area contributed by atoms with Crippen LogP contribution >= 0.6 is 0 Å². The highest BCUT2D eigenvalue weighted by atomic mass is 19.4. The van der Waals surface area contributed by atoms with Crippen LogP contribution < -0.4 is 5.73 Å². The minimum atomic E-state index is -4.56. The van der Waals surface area contributed by atoms with Crippen LogP contribution in [0.15, 0.2) is 18.3 Å². The number of hydrogen-bond acceptors (Lipinski definition) is 3. The molecule has 5 nitrogen and oxygen atoms in total. The molecule has 1 aliphatic rings. The lowest BCUT2D eigenvalue weighted by Gasteiger charge is -2.27. The molecule has 1 aromatic heterocycles. The Morgan fingerprint density at radius 2 is 1.91 bits per heavy atom. The largest absolute Gasteiger partial charge is 0.433 e. The second kappa shape index (κ2) is 6.33. The van der Waals surface area contributed by atoms with Crippen molar-refractivity contribution in [2.24, 2.45) is 5.73 Å². The number of amides is 2. The minimum Gasteiger partial charge on any atom is -0.368 e. The molecule has 2 rings (SSSR count). The lowest BCUT2D eigenvalue weighted by atomic mass is 10.1. The molecule has 0 saturated heterocycles. The Balaban J connectivity index is 2.20. The molecule has 1 aliphatic carbocycles.